The zero-order valence-electron chi connectivity index (χ0n) is 15.0. The first-order chi connectivity index (χ1) is 13.1. The van der Waals surface area contributed by atoms with Crippen LogP contribution in [0.3, 0.4) is 0 Å². The number of aryl methyl sites for hydroxylation is 1. The summed E-state index contributed by atoms with van der Waals surface area (Å²) in [6, 6.07) is 13.0. The first kappa shape index (κ1) is 18.1. The third kappa shape index (κ3) is 4.01. The van der Waals surface area contributed by atoms with Gasteiger partial charge in [-0.25, -0.2) is 0 Å². The molecule has 1 aliphatic heterocycles. The van der Waals surface area contributed by atoms with Gasteiger partial charge in [0.1, 0.15) is 17.9 Å². The van der Waals surface area contributed by atoms with Crippen molar-refractivity contribution in [3.63, 3.8) is 0 Å². The van der Waals surface area contributed by atoms with Crippen molar-refractivity contribution in [1.29, 1.82) is 0 Å². The molecule has 2 aromatic carbocycles. The molecule has 1 amide bonds. The highest BCUT2D eigenvalue weighted by Gasteiger charge is 2.18. The summed E-state index contributed by atoms with van der Waals surface area (Å²) in [6.45, 7) is 3.26. The molecule has 140 valence electrons. The summed E-state index contributed by atoms with van der Waals surface area (Å²) in [5, 5.41) is 3.80. The monoisotopic (exact) mass is 429 g/mol. The average molecular weight is 430 g/mol. The molecule has 0 radical (unpaired) electrons. The molecule has 1 aromatic heterocycles. The third-order valence-corrected chi connectivity index (χ3v) is 5.17. The van der Waals surface area contributed by atoms with Gasteiger partial charge >= 0.3 is 0 Å². The van der Waals surface area contributed by atoms with Crippen LogP contribution < -0.4 is 10.1 Å². The van der Waals surface area contributed by atoms with E-state index >= 15 is 0 Å². The summed E-state index contributed by atoms with van der Waals surface area (Å²) >= 11 is 3.45. The summed E-state index contributed by atoms with van der Waals surface area (Å²) in [5.41, 5.74) is 2.20. The molecular weight excluding hydrogens is 410 g/mol. The summed E-state index contributed by atoms with van der Waals surface area (Å²) in [6.07, 6.45) is 2.32. The number of amides is 1. The molecule has 2 heterocycles. The Balaban J connectivity index is 1.42. The van der Waals surface area contributed by atoms with Crippen LogP contribution >= 0.6 is 15.9 Å². The fourth-order valence-electron chi connectivity index (χ4n) is 3.20. The van der Waals surface area contributed by atoms with E-state index in [0.29, 0.717) is 23.6 Å². The van der Waals surface area contributed by atoms with Crippen LogP contribution in [-0.4, -0.2) is 25.2 Å². The van der Waals surface area contributed by atoms with E-state index < -0.39 is 0 Å². The van der Waals surface area contributed by atoms with Crippen LogP contribution in [0.25, 0.3) is 11.0 Å². The molecule has 1 atom stereocenters. The molecular formula is C21H20BrNO4. The van der Waals surface area contributed by atoms with Crippen molar-refractivity contribution >= 4 is 38.5 Å². The molecule has 0 spiro atoms. The van der Waals surface area contributed by atoms with Crippen LogP contribution in [0, 0.1) is 6.92 Å². The maximum Gasteiger partial charge on any atom is 0.291 e. The Morgan fingerprint density at radius 3 is 2.81 bits per heavy atom. The smallest absolute Gasteiger partial charge is 0.291 e. The van der Waals surface area contributed by atoms with Gasteiger partial charge in [0, 0.05) is 27.7 Å². The number of carbonyl (C=O) groups excluding carboxylic acids is 1. The lowest BCUT2D eigenvalue weighted by atomic mass is 10.1. The molecule has 1 aliphatic rings. The fraction of sp³-hybridized carbons (Fsp3) is 0.286. The van der Waals surface area contributed by atoms with Gasteiger partial charge in [-0.1, -0.05) is 15.9 Å². The van der Waals surface area contributed by atoms with Crippen LogP contribution in [0.4, 0.5) is 5.69 Å². The number of carbonyl (C=O) groups is 1. The highest BCUT2D eigenvalue weighted by Crippen LogP contribution is 2.28. The lowest BCUT2D eigenvalue weighted by Crippen LogP contribution is -2.16. The van der Waals surface area contributed by atoms with E-state index in [9.17, 15) is 4.79 Å². The van der Waals surface area contributed by atoms with Gasteiger partial charge in [0.25, 0.3) is 5.91 Å². The van der Waals surface area contributed by atoms with Crippen molar-refractivity contribution in [2.24, 2.45) is 0 Å². The number of fused-ring (bicyclic) bond motifs is 1. The van der Waals surface area contributed by atoms with Crippen molar-refractivity contribution < 1.29 is 18.7 Å². The predicted octanol–water partition coefficient (Wildman–Crippen LogP) is 5.31. The summed E-state index contributed by atoms with van der Waals surface area (Å²) in [5.74, 6) is 0.808. The number of rotatable bonds is 5. The Kier molecular flexibility index (Phi) is 5.18. The van der Waals surface area contributed by atoms with Gasteiger partial charge in [-0.15, -0.1) is 0 Å². The Hall–Kier alpha value is -2.31. The minimum Gasteiger partial charge on any atom is -0.491 e. The zero-order valence-corrected chi connectivity index (χ0v) is 16.5. The molecule has 0 aliphatic carbocycles. The number of ether oxygens (including phenoxy) is 2. The lowest BCUT2D eigenvalue weighted by Gasteiger charge is -2.12. The van der Waals surface area contributed by atoms with E-state index in [-0.39, 0.29) is 12.0 Å². The number of benzene rings is 2. The second kappa shape index (κ2) is 7.74. The Morgan fingerprint density at radius 1 is 1.26 bits per heavy atom. The van der Waals surface area contributed by atoms with Crippen LogP contribution in [0.2, 0.25) is 0 Å². The molecule has 3 aromatic rings. The van der Waals surface area contributed by atoms with Crippen LogP contribution in [-0.2, 0) is 4.74 Å². The highest BCUT2D eigenvalue weighted by atomic mass is 79.9. The minimum absolute atomic E-state index is 0.181. The first-order valence-electron chi connectivity index (χ1n) is 8.94. The van der Waals surface area contributed by atoms with Crippen molar-refractivity contribution in [3.05, 3.63) is 58.3 Å². The second-order valence-electron chi connectivity index (χ2n) is 6.62. The topological polar surface area (TPSA) is 60.7 Å². The van der Waals surface area contributed by atoms with Gasteiger partial charge in [-0.2, -0.15) is 0 Å². The Bertz CT molecular complexity index is 958. The largest absolute Gasteiger partial charge is 0.491 e. The van der Waals surface area contributed by atoms with Gasteiger partial charge in [0.05, 0.1) is 6.10 Å². The van der Waals surface area contributed by atoms with E-state index in [1.807, 2.05) is 49.4 Å². The molecule has 1 saturated heterocycles. The van der Waals surface area contributed by atoms with Crippen LogP contribution in [0.1, 0.15) is 29.0 Å². The Morgan fingerprint density at radius 2 is 2.07 bits per heavy atom. The molecule has 6 heteroatoms. The summed E-state index contributed by atoms with van der Waals surface area (Å²) in [4.78, 5) is 12.6. The number of anilines is 1. The van der Waals surface area contributed by atoms with Gasteiger partial charge in [0.2, 0.25) is 0 Å². The quantitative estimate of drug-likeness (QED) is 0.596. The normalized spacial score (nSPS) is 16.6. The van der Waals surface area contributed by atoms with Crippen LogP contribution in [0.15, 0.2) is 51.4 Å². The van der Waals surface area contributed by atoms with E-state index in [4.69, 9.17) is 13.9 Å². The van der Waals surface area contributed by atoms with Crippen molar-refractivity contribution in [1.82, 2.24) is 0 Å². The molecule has 0 saturated carbocycles. The first-order valence-corrected chi connectivity index (χ1v) is 9.74. The molecule has 1 N–H and O–H groups in total. The van der Waals surface area contributed by atoms with Gasteiger partial charge in [0.15, 0.2) is 5.76 Å². The van der Waals surface area contributed by atoms with Gasteiger partial charge in [-0.3, -0.25) is 4.79 Å². The molecule has 5 nitrogen and oxygen atoms in total. The standard InChI is InChI=1S/C21H20BrNO4/c1-13-18-11-14(22)4-9-19(18)27-20(13)21(24)23-15-5-7-16(8-6-15)26-12-17-3-2-10-25-17/h4-9,11,17H,2-3,10,12H2,1H3,(H,23,24). The van der Waals surface area contributed by atoms with Crippen LogP contribution in [0.5, 0.6) is 5.75 Å². The van der Waals surface area contributed by atoms with E-state index in [2.05, 4.69) is 21.2 Å². The van der Waals surface area contributed by atoms with E-state index in [1.165, 1.54) is 0 Å². The number of hydrogen-bond donors (Lipinski definition) is 1. The predicted molar refractivity (Wildman–Crippen MR) is 108 cm³/mol. The van der Waals surface area contributed by atoms with Gasteiger partial charge in [-0.05, 0) is 62.2 Å². The number of hydrogen-bond acceptors (Lipinski definition) is 4. The maximum atomic E-state index is 12.6. The average Bonchev–Trinajstić information content (AvgIpc) is 3.30. The zero-order chi connectivity index (χ0) is 18.8. The minimum atomic E-state index is -0.271. The lowest BCUT2D eigenvalue weighted by molar-refractivity contribution is 0.0679. The van der Waals surface area contributed by atoms with Crippen molar-refractivity contribution in [2.75, 3.05) is 18.5 Å². The molecule has 1 unspecified atom stereocenters. The van der Waals surface area contributed by atoms with E-state index in [1.54, 1.807) is 0 Å². The number of furan rings is 1. The molecule has 1 fully saturated rings. The molecule has 0 bridgehead atoms. The van der Waals surface area contributed by atoms with E-state index in [0.717, 1.165) is 40.6 Å². The number of halogens is 1. The summed E-state index contributed by atoms with van der Waals surface area (Å²) < 4.78 is 18.0. The fourth-order valence-corrected chi connectivity index (χ4v) is 3.56. The maximum absolute atomic E-state index is 12.6. The highest BCUT2D eigenvalue weighted by molar-refractivity contribution is 9.10. The molecule has 27 heavy (non-hydrogen) atoms. The SMILES string of the molecule is Cc1c(C(=O)Nc2ccc(OCC3CCCO3)cc2)oc2ccc(Br)cc12. The van der Waals surface area contributed by atoms with Crippen molar-refractivity contribution in [2.45, 2.75) is 25.9 Å². The third-order valence-electron chi connectivity index (χ3n) is 4.68. The summed E-state index contributed by atoms with van der Waals surface area (Å²) in [7, 11) is 0. The number of nitrogens with one attached hydrogen (secondary N) is 1. The Labute approximate surface area is 165 Å². The van der Waals surface area contributed by atoms with Crippen molar-refractivity contribution in [3.8, 4) is 5.75 Å². The van der Waals surface area contributed by atoms with Gasteiger partial charge < -0.3 is 19.2 Å². The molecule has 4 rings (SSSR count). The second-order valence-corrected chi connectivity index (χ2v) is 7.54.